The number of hydrogen-bond acceptors (Lipinski definition) is 5. The molecule has 3 rings (SSSR count). The van der Waals surface area contributed by atoms with Crippen molar-refractivity contribution in [3.05, 3.63) is 65.7 Å². The minimum absolute atomic E-state index is 0.219. The van der Waals surface area contributed by atoms with Crippen LogP contribution in [0.4, 0.5) is 18.9 Å². The summed E-state index contributed by atoms with van der Waals surface area (Å²) in [6.45, 7) is 1.22. The Morgan fingerprint density at radius 1 is 1.00 bits per heavy atom. The lowest BCUT2D eigenvalue weighted by molar-refractivity contribution is -0.148. The number of amides is 1. The smallest absolute Gasteiger partial charge is 0.424 e. The van der Waals surface area contributed by atoms with Crippen LogP contribution in [0.2, 0.25) is 0 Å². The average Bonchev–Trinajstić information content (AvgIpc) is 2.97. The fourth-order valence-corrected chi connectivity index (χ4v) is 2.71. The zero-order valence-electron chi connectivity index (χ0n) is 15.4. The van der Waals surface area contributed by atoms with Crippen molar-refractivity contribution in [3.8, 4) is 11.5 Å². The van der Waals surface area contributed by atoms with Gasteiger partial charge in [0.25, 0.3) is 5.91 Å². The molecule has 0 radical (unpaired) electrons. The van der Waals surface area contributed by atoms with E-state index in [4.69, 9.17) is 4.74 Å². The Balaban J connectivity index is 1.90. The topological polar surface area (TPSA) is 68.2 Å². The van der Waals surface area contributed by atoms with Crippen LogP contribution in [0, 0.1) is 0 Å². The molecular formula is C20H15F3N2O4. The molecule has 0 N–H and O–H groups in total. The van der Waals surface area contributed by atoms with E-state index in [0.717, 1.165) is 12.1 Å². The molecule has 0 atom stereocenters. The fourth-order valence-electron chi connectivity index (χ4n) is 2.71. The lowest BCUT2D eigenvalue weighted by Crippen LogP contribution is -2.29. The maximum atomic E-state index is 13.3. The van der Waals surface area contributed by atoms with Gasteiger partial charge in [0.05, 0.1) is 24.1 Å². The van der Waals surface area contributed by atoms with Gasteiger partial charge in [-0.05, 0) is 43.3 Å². The summed E-state index contributed by atoms with van der Waals surface area (Å²) in [6, 6.07) is 15.0. The Bertz CT molecular complexity index is 997. The predicted molar refractivity (Wildman–Crippen MR) is 98.7 cm³/mol. The second-order valence-electron chi connectivity index (χ2n) is 5.95. The summed E-state index contributed by atoms with van der Waals surface area (Å²) in [6.07, 6.45) is -5.07. The second-order valence-corrected chi connectivity index (χ2v) is 5.95. The van der Waals surface area contributed by atoms with Crippen molar-refractivity contribution < 1.29 is 32.2 Å². The second kappa shape index (κ2) is 7.78. The molecule has 0 unspecified atom stereocenters. The number of esters is 1. The summed E-state index contributed by atoms with van der Waals surface area (Å²) < 4.78 is 49.9. The van der Waals surface area contributed by atoms with Crippen molar-refractivity contribution in [2.75, 3.05) is 12.1 Å². The molecule has 150 valence electrons. The first-order valence-electron chi connectivity index (χ1n) is 8.35. The SMILES string of the molecule is COC(=O)/C(=C1/C(=O)N(c2ccc(Oc3ccccc3)cc2)N=C1C)C(F)(F)F. The van der Waals surface area contributed by atoms with Crippen LogP contribution in [-0.2, 0) is 14.3 Å². The van der Waals surface area contributed by atoms with Gasteiger partial charge < -0.3 is 9.47 Å². The zero-order valence-corrected chi connectivity index (χ0v) is 15.4. The highest BCUT2D eigenvalue weighted by Crippen LogP contribution is 2.34. The van der Waals surface area contributed by atoms with Gasteiger partial charge >= 0.3 is 12.1 Å². The van der Waals surface area contributed by atoms with E-state index in [1.54, 1.807) is 36.4 Å². The number of rotatable bonds is 4. The number of methoxy groups -OCH3 is 1. The van der Waals surface area contributed by atoms with Gasteiger partial charge in [-0.2, -0.15) is 23.3 Å². The van der Waals surface area contributed by atoms with Crippen LogP contribution in [0.5, 0.6) is 11.5 Å². The highest BCUT2D eigenvalue weighted by atomic mass is 19.4. The van der Waals surface area contributed by atoms with Gasteiger partial charge in [0.1, 0.15) is 11.5 Å². The summed E-state index contributed by atoms with van der Waals surface area (Å²) in [5, 5.41) is 4.68. The normalized spacial score (nSPS) is 15.8. The average molecular weight is 404 g/mol. The molecule has 0 bridgehead atoms. The Kier molecular flexibility index (Phi) is 5.40. The van der Waals surface area contributed by atoms with E-state index in [-0.39, 0.29) is 11.4 Å². The first-order valence-corrected chi connectivity index (χ1v) is 8.35. The molecule has 1 aliphatic heterocycles. The number of anilines is 1. The Hall–Kier alpha value is -3.62. The number of ether oxygens (including phenoxy) is 2. The molecule has 0 spiro atoms. The van der Waals surface area contributed by atoms with Gasteiger partial charge in [-0.25, -0.2) is 4.79 Å². The van der Waals surface area contributed by atoms with Crippen molar-refractivity contribution in [3.63, 3.8) is 0 Å². The number of hydrogen-bond donors (Lipinski definition) is 0. The molecule has 1 heterocycles. The lowest BCUT2D eigenvalue weighted by atomic mass is 10.0. The maximum absolute atomic E-state index is 13.3. The van der Waals surface area contributed by atoms with E-state index in [1.807, 2.05) is 6.07 Å². The van der Waals surface area contributed by atoms with Crippen molar-refractivity contribution in [2.24, 2.45) is 5.10 Å². The van der Waals surface area contributed by atoms with Gasteiger partial charge in [-0.15, -0.1) is 0 Å². The van der Waals surface area contributed by atoms with E-state index in [1.165, 1.54) is 19.1 Å². The van der Waals surface area contributed by atoms with E-state index < -0.39 is 29.2 Å². The number of benzene rings is 2. The van der Waals surface area contributed by atoms with Crippen LogP contribution in [0.25, 0.3) is 0 Å². The number of carbonyl (C=O) groups excluding carboxylic acids is 2. The molecular weight excluding hydrogens is 389 g/mol. The predicted octanol–water partition coefficient (Wildman–Crippen LogP) is 4.23. The molecule has 2 aromatic rings. The van der Waals surface area contributed by atoms with Crippen LogP contribution in [0.1, 0.15) is 6.92 Å². The molecule has 6 nitrogen and oxygen atoms in total. The highest BCUT2D eigenvalue weighted by Gasteiger charge is 2.47. The quantitative estimate of drug-likeness (QED) is 0.565. The largest absolute Gasteiger partial charge is 0.465 e. The molecule has 1 amide bonds. The number of para-hydroxylation sites is 1. The standard InChI is InChI=1S/C20H15F3N2O4/c1-12-16(17(19(27)28-2)20(21,22)23)18(26)25(24-12)13-8-10-15(11-9-13)29-14-6-4-3-5-7-14/h3-11H,1-2H3/b17-16-. The van der Waals surface area contributed by atoms with E-state index in [9.17, 15) is 22.8 Å². The van der Waals surface area contributed by atoms with Crippen LogP contribution < -0.4 is 9.75 Å². The molecule has 29 heavy (non-hydrogen) atoms. The molecule has 0 aromatic heterocycles. The molecule has 1 aliphatic rings. The van der Waals surface area contributed by atoms with Gasteiger partial charge in [0, 0.05) is 0 Å². The molecule has 0 fully saturated rings. The molecule has 9 heteroatoms. The van der Waals surface area contributed by atoms with Crippen molar-refractivity contribution in [1.29, 1.82) is 0 Å². The van der Waals surface area contributed by atoms with Gasteiger partial charge in [0.15, 0.2) is 5.57 Å². The third kappa shape index (κ3) is 4.13. The van der Waals surface area contributed by atoms with Gasteiger partial charge in [-0.1, -0.05) is 18.2 Å². The first kappa shape index (κ1) is 20.1. The maximum Gasteiger partial charge on any atom is 0.424 e. The molecule has 0 saturated carbocycles. The number of alkyl halides is 3. The number of nitrogens with zero attached hydrogens (tertiary/aromatic N) is 2. The molecule has 0 saturated heterocycles. The Labute approximate surface area is 163 Å². The van der Waals surface area contributed by atoms with E-state index in [2.05, 4.69) is 9.84 Å². The van der Waals surface area contributed by atoms with E-state index >= 15 is 0 Å². The third-order valence-corrected chi connectivity index (χ3v) is 4.00. The summed E-state index contributed by atoms with van der Waals surface area (Å²) in [5.41, 5.74) is -2.54. The molecule has 2 aromatic carbocycles. The summed E-state index contributed by atoms with van der Waals surface area (Å²) in [7, 11) is 0.809. The Morgan fingerprint density at radius 3 is 2.14 bits per heavy atom. The number of halogens is 3. The van der Waals surface area contributed by atoms with Gasteiger partial charge in [0.2, 0.25) is 0 Å². The number of hydrazone groups is 1. The summed E-state index contributed by atoms with van der Waals surface area (Å²) in [4.78, 5) is 24.3. The Morgan fingerprint density at radius 2 is 1.59 bits per heavy atom. The zero-order chi connectivity index (χ0) is 21.2. The summed E-state index contributed by atoms with van der Waals surface area (Å²) >= 11 is 0. The first-order chi connectivity index (χ1) is 13.7. The molecule has 0 aliphatic carbocycles. The minimum atomic E-state index is -5.07. The summed E-state index contributed by atoms with van der Waals surface area (Å²) in [5.74, 6) is -1.65. The third-order valence-electron chi connectivity index (χ3n) is 4.00. The van der Waals surface area contributed by atoms with Crippen molar-refractivity contribution >= 4 is 23.3 Å². The van der Waals surface area contributed by atoms with E-state index in [0.29, 0.717) is 11.5 Å². The lowest BCUT2D eigenvalue weighted by Gasteiger charge is -2.15. The highest BCUT2D eigenvalue weighted by molar-refractivity contribution is 6.32. The van der Waals surface area contributed by atoms with Crippen LogP contribution in [0.15, 0.2) is 70.8 Å². The fraction of sp³-hybridized carbons (Fsp3) is 0.150. The van der Waals surface area contributed by atoms with Crippen molar-refractivity contribution in [1.82, 2.24) is 0 Å². The monoisotopic (exact) mass is 404 g/mol. The van der Waals surface area contributed by atoms with Crippen LogP contribution in [-0.4, -0.2) is 30.9 Å². The van der Waals surface area contributed by atoms with Crippen LogP contribution >= 0.6 is 0 Å². The van der Waals surface area contributed by atoms with Crippen LogP contribution in [0.3, 0.4) is 0 Å². The number of carbonyl (C=O) groups is 2. The van der Waals surface area contributed by atoms with Crippen molar-refractivity contribution in [2.45, 2.75) is 13.1 Å². The van der Waals surface area contributed by atoms with Gasteiger partial charge in [-0.3, -0.25) is 4.79 Å². The minimum Gasteiger partial charge on any atom is -0.465 e.